The van der Waals surface area contributed by atoms with E-state index in [1.807, 2.05) is 6.08 Å². The van der Waals surface area contributed by atoms with Crippen molar-refractivity contribution >= 4 is 29.3 Å². The summed E-state index contributed by atoms with van der Waals surface area (Å²) in [7, 11) is 0. The van der Waals surface area contributed by atoms with Crippen LogP contribution in [0.25, 0.3) is 6.08 Å². The van der Waals surface area contributed by atoms with Gasteiger partial charge in [0.1, 0.15) is 16.5 Å². The smallest absolute Gasteiger partial charge is 0.198 e. The highest BCUT2D eigenvalue weighted by Gasteiger charge is 2.18. The topological polar surface area (TPSA) is 70.1 Å². The molecule has 0 aliphatic carbocycles. The van der Waals surface area contributed by atoms with Crippen LogP contribution in [0.3, 0.4) is 0 Å². The van der Waals surface area contributed by atoms with Crippen molar-refractivity contribution in [2.24, 2.45) is 4.99 Å². The van der Waals surface area contributed by atoms with E-state index in [1.54, 1.807) is 18.3 Å². The summed E-state index contributed by atoms with van der Waals surface area (Å²) in [5.74, 6) is 0.484. The van der Waals surface area contributed by atoms with Crippen LogP contribution in [0.5, 0.6) is 0 Å². The lowest BCUT2D eigenvalue weighted by molar-refractivity contribution is 0.103. The van der Waals surface area contributed by atoms with Crippen LogP contribution in [0.4, 0.5) is 5.82 Å². The number of carbonyl (C=O) groups excluding carboxylic acids is 1. The molecule has 0 saturated carbocycles. The summed E-state index contributed by atoms with van der Waals surface area (Å²) in [6.07, 6.45) is 4.56. The zero-order chi connectivity index (χ0) is 18.8. The van der Waals surface area contributed by atoms with E-state index >= 15 is 0 Å². The van der Waals surface area contributed by atoms with Crippen LogP contribution in [0.2, 0.25) is 5.15 Å². The van der Waals surface area contributed by atoms with Gasteiger partial charge < -0.3 is 10.3 Å². The average molecular weight is 379 g/mol. The monoisotopic (exact) mass is 378 g/mol. The molecular weight excluding hydrogens is 360 g/mol. The van der Waals surface area contributed by atoms with Crippen molar-refractivity contribution in [1.29, 1.82) is 0 Å². The number of fused-ring (bicyclic) bond motifs is 1. The standard InChI is InChI=1S/C21H19ClN4O/c1-13-4-6-14(7-5-13)11-24-18-9-8-16(20(22)26-18)19(27)17-12-25-21-15(17)3-2-10-23-21/h3-9,12H,2,10-11H2,1H3,(H,23,25)(H,24,26). The maximum atomic E-state index is 12.9. The first-order valence-corrected chi connectivity index (χ1v) is 9.22. The van der Waals surface area contributed by atoms with Gasteiger partial charge in [0.2, 0.25) is 0 Å². The number of rotatable bonds is 5. The minimum absolute atomic E-state index is 0.150. The Hall–Kier alpha value is -2.92. The van der Waals surface area contributed by atoms with E-state index in [-0.39, 0.29) is 10.9 Å². The molecule has 0 unspecified atom stereocenters. The van der Waals surface area contributed by atoms with Gasteiger partial charge in [-0.1, -0.05) is 47.5 Å². The van der Waals surface area contributed by atoms with Crippen molar-refractivity contribution in [2.45, 2.75) is 19.9 Å². The SMILES string of the molecule is Cc1ccc(CNc2ccc(C(=O)c3c[nH]c4c3=CCCN=4)c(Cl)n2)cc1. The number of benzene rings is 1. The van der Waals surface area contributed by atoms with Gasteiger partial charge in [0.15, 0.2) is 5.78 Å². The van der Waals surface area contributed by atoms with E-state index < -0.39 is 0 Å². The molecule has 1 aliphatic heterocycles. The van der Waals surface area contributed by atoms with Gasteiger partial charge in [-0.25, -0.2) is 4.98 Å². The molecule has 2 aromatic heterocycles. The van der Waals surface area contributed by atoms with Gasteiger partial charge in [0.25, 0.3) is 0 Å². The zero-order valence-corrected chi connectivity index (χ0v) is 15.7. The van der Waals surface area contributed by atoms with E-state index in [0.29, 0.717) is 23.5 Å². The van der Waals surface area contributed by atoms with E-state index in [9.17, 15) is 4.79 Å². The van der Waals surface area contributed by atoms with E-state index in [1.165, 1.54) is 5.56 Å². The molecule has 3 heterocycles. The number of aromatic amines is 1. The average Bonchev–Trinajstić information content (AvgIpc) is 3.11. The molecule has 2 N–H and O–H groups in total. The Morgan fingerprint density at radius 3 is 2.78 bits per heavy atom. The molecule has 1 aliphatic rings. The lowest BCUT2D eigenvalue weighted by Crippen LogP contribution is -2.30. The van der Waals surface area contributed by atoms with Crippen LogP contribution in [-0.4, -0.2) is 22.3 Å². The fourth-order valence-corrected chi connectivity index (χ4v) is 3.32. The quantitative estimate of drug-likeness (QED) is 0.529. The molecule has 0 saturated heterocycles. The predicted octanol–water partition coefficient (Wildman–Crippen LogP) is 3.02. The van der Waals surface area contributed by atoms with Gasteiger partial charge in [0.05, 0.1) is 5.56 Å². The second-order valence-electron chi connectivity index (χ2n) is 6.54. The Bertz CT molecular complexity index is 1120. The normalized spacial score (nSPS) is 12.7. The molecule has 4 rings (SSSR count). The highest BCUT2D eigenvalue weighted by atomic mass is 35.5. The number of ketones is 1. The first kappa shape index (κ1) is 17.5. The molecule has 136 valence electrons. The van der Waals surface area contributed by atoms with Gasteiger partial charge in [-0.3, -0.25) is 9.79 Å². The molecule has 0 amide bonds. The van der Waals surface area contributed by atoms with E-state index in [2.05, 4.69) is 51.5 Å². The number of nitrogens with one attached hydrogen (secondary N) is 2. The van der Waals surface area contributed by atoms with Crippen LogP contribution in [0.1, 0.15) is 33.5 Å². The third kappa shape index (κ3) is 3.64. The number of hydrogen-bond donors (Lipinski definition) is 2. The molecule has 0 radical (unpaired) electrons. The summed E-state index contributed by atoms with van der Waals surface area (Å²) in [6.45, 7) is 3.44. The third-order valence-electron chi connectivity index (χ3n) is 4.58. The maximum Gasteiger partial charge on any atom is 0.198 e. The number of nitrogens with zero attached hydrogens (tertiary/aromatic N) is 2. The number of aromatic nitrogens is 2. The molecule has 6 heteroatoms. The van der Waals surface area contributed by atoms with Crippen LogP contribution in [0.15, 0.2) is 47.6 Å². The molecule has 0 atom stereocenters. The summed E-state index contributed by atoms with van der Waals surface area (Å²) in [5, 5.41) is 4.28. The van der Waals surface area contributed by atoms with Crippen molar-refractivity contribution in [3.63, 3.8) is 0 Å². The third-order valence-corrected chi connectivity index (χ3v) is 4.87. The molecule has 0 fully saturated rings. The molecule has 0 spiro atoms. The number of carbonyl (C=O) groups is 1. The Morgan fingerprint density at radius 1 is 1.19 bits per heavy atom. The number of H-pyrrole nitrogens is 1. The number of aryl methyl sites for hydroxylation is 1. The zero-order valence-electron chi connectivity index (χ0n) is 14.9. The van der Waals surface area contributed by atoms with Crippen LogP contribution < -0.4 is 16.0 Å². The van der Waals surface area contributed by atoms with E-state index in [4.69, 9.17) is 11.6 Å². The first-order valence-electron chi connectivity index (χ1n) is 8.84. The lowest BCUT2D eigenvalue weighted by atomic mass is 10.1. The van der Waals surface area contributed by atoms with Gasteiger partial charge in [-0.05, 0) is 31.0 Å². The molecule has 0 bridgehead atoms. The van der Waals surface area contributed by atoms with Crippen LogP contribution in [-0.2, 0) is 6.54 Å². The van der Waals surface area contributed by atoms with Crippen molar-refractivity contribution < 1.29 is 4.79 Å². The molecule has 1 aromatic carbocycles. The van der Waals surface area contributed by atoms with Crippen LogP contribution >= 0.6 is 11.6 Å². The van der Waals surface area contributed by atoms with Crippen molar-refractivity contribution in [2.75, 3.05) is 11.9 Å². The first-order chi connectivity index (χ1) is 13.1. The Labute approximate surface area is 161 Å². The second kappa shape index (κ2) is 7.37. The van der Waals surface area contributed by atoms with Gasteiger partial charge in [-0.15, -0.1) is 0 Å². The van der Waals surface area contributed by atoms with Gasteiger partial charge in [-0.2, -0.15) is 0 Å². The maximum absolute atomic E-state index is 12.9. The summed E-state index contributed by atoms with van der Waals surface area (Å²) in [6, 6.07) is 11.8. The summed E-state index contributed by atoms with van der Waals surface area (Å²) >= 11 is 6.31. The van der Waals surface area contributed by atoms with Crippen molar-refractivity contribution in [3.05, 3.63) is 80.7 Å². The number of pyridine rings is 1. The molecule has 3 aromatic rings. The second-order valence-corrected chi connectivity index (χ2v) is 6.90. The van der Waals surface area contributed by atoms with Crippen molar-refractivity contribution in [3.8, 4) is 0 Å². The lowest BCUT2D eigenvalue weighted by Gasteiger charge is -2.08. The minimum atomic E-state index is -0.150. The van der Waals surface area contributed by atoms with Gasteiger partial charge >= 0.3 is 0 Å². The fraction of sp³-hybridized carbons (Fsp3) is 0.190. The van der Waals surface area contributed by atoms with Gasteiger partial charge in [0, 0.05) is 30.1 Å². The summed E-state index contributed by atoms with van der Waals surface area (Å²) < 4.78 is 0. The fourth-order valence-electron chi connectivity index (χ4n) is 3.08. The molecule has 27 heavy (non-hydrogen) atoms. The highest BCUT2D eigenvalue weighted by molar-refractivity contribution is 6.34. The number of anilines is 1. The minimum Gasteiger partial charge on any atom is -0.366 e. The number of halogens is 1. The van der Waals surface area contributed by atoms with E-state index in [0.717, 1.165) is 29.2 Å². The van der Waals surface area contributed by atoms with Crippen LogP contribution in [0, 0.1) is 6.92 Å². The Morgan fingerprint density at radius 2 is 2.00 bits per heavy atom. The summed E-state index contributed by atoms with van der Waals surface area (Å²) in [5.41, 5.74) is 4.09. The predicted molar refractivity (Wildman–Crippen MR) is 107 cm³/mol. The number of hydrogen-bond acceptors (Lipinski definition) is 4. The Kier molecular flexibility index (Phi) is 4.77. The van der Waals surface area contributed by atoms with Crippen molar-refractivity contribution in [1.82, 2.24) is 9.97 Å². The highest BCUT2D eigenvalue weighted by Crippen LogP contribution is 2.19. The molecule has 5 nitrogen and oxygen atoms in total. The Balaban J connectivity index is 1.54. The largest absolute Gasteiger partial charge is 0.366 e. The summed E-state index contributed by atoms with van der Waals surface area (Å²) in [4.78, 5) is 24.7. The molecular formula is C21H19ClN4O.